The zero-order valence-corrected chi connectivity index (χ0v) is 12.8. The van der Waals surface area contributed by atoms with Crippen molar-refractivity contribution >= 4 is 11.6 Å². The molecule has 0 saturated heterocycles. The topological polar surface area (TPSA) is 55.6 Å². The molecule has 112 valence electrons. The highest BCUT2D eigenvalue weighted by atomic mass is 16.5. The van der Waals surface area contributed by atoms with E-state index in [-0.39, 0.29) is 5.91 Å². The molecule has 4 nitrogen and oxygen atoms in total. The number of rotatable bonds is 8. The Morgan fingerprint density at radius 3 is 2.70 bits per heavy atom. The van der Waals surface area contributed by atoms with Crippen LogP contribution in [0.1, 0.15) is 38.7 Å². The van der Waals surface area contributed by atoms with E-state index in [9.17, 15) is 4.79 Å². The lowest BCUT2D eigenvalue weighted by molar-refractivity contribution is -0.129. The smallest absolute Gasteiger partial charge is 0.222 e. The van der Waals surface area contributed by atoms with Crippen molar-refractivity contribution in [3.63, 3.8) is 0 Å². The molecule has 0 saturated carbocycles. The van der Waals surface area contributed by atoms with Crippen LogP contribution in [0.3, 0.4) is 0 Å². The van der Waals surface area contributed by atoms with Crippen molar-refractivity contribution in [2.75, 3.05) is 25.9 Å². The highest BCUT2D eigenvalue weighted by Crippen LogP contribution is 2.23. The molecule has 0 aliphatic rings. The number of anilines is 1. The number of amides is 1. The van der Waals surface area contributed by atoms with E-state index in [4.69, 9.17) is 10.5 Å². The zero-order chi connectivity index (χ0) is 15.0. The molecular formula is C16H26N2O2. The molecule has 0 aliphatic carbocycles. The largest absolute Gasteiger partial charge is 0.492 e. The predicted octanol–water partition coefficient (Wildman–Crippen LogP) is 2.86. The third-order valence-electron chi connectivity index (χ3n) is 3.27. The number of nitrogen functional groups attached to an aromatic ring is 1. The summed E-state index contributed by atoms with van der Waals surface area (Å²) in [6, 6.07) is 5.74. The second-order valence-electron chi connectivity index (χ2n) is 4.97. The Labute approximate surface area is 121 Å². The highest BCUT2D eigenvalue weighted by Gasteiger charge is 2.09. The first-order valence-electron chi connectivity index (χ1n) is 7.33. The number of nitrogens with zero attached hydrogens (tertiary/aromatic N) is 1. The van der Waals surface area contributed by atoms with Crippen LogP contribution >= 0.6 is 0 Å². The molecule has 1 rings (SSSR count). The summed E-state index contributed by atoms with van der Waals surface area (Å²) in [5.41, 5.74) is 7.63. The molecule has 1 amide bonds. The van der Waals surface area contributed by atoms with E-state index >= 15 is 0 Å². The van der Waals surface area contributed by atoms with Crippen molar-refractivity contribution in [2.45, 2.75) is 39.5 Å². The summed E-state index contributed by atoms with van der Waals surface area (Å²) >= 11 is 0. The van der Waals surface area contributed by atoms with Gasteiger partial charge in [-0.2, -0.15) is 0 Å². The van der Waals surface area contributed by atoms with E-state index in [0.717, 1.165) is 24.9 Å². The molecule has 1 aromatic rings. The van der Waals surface area contributed by atoms with Crippen LogP contribution in [0.4, 0.5) is 5.69 Å². The SMILES string of the molecule is CCCCN(C)C(=O)CCc1ccc(OCC)c(N)c1. The summed E-state index contributed by atoms with van der Waals surface area (Å²) in [4.78, 5) is 13.8. The number of unbranched alkanes of at least 4 members (excludes halogenated alkanes) is 1. The van der Waals surface area contributed by atoms with Crippen molar-refractivity contribution in [1.82, 2.24) is 4.90 Å². The van der Waals surface area contributed by atoms with E-state index < -0.39 is 0 Å². The fourth-order valence-corrected chi connectivity index (χ4v) is 2.00. The molecule has 0 aromatic heterocycles. The van der Waals surface area contributed by atoms with Gasteiger partial charge in [-0.1, -0.05) is 19.4 Å². The van der Waals surface area contributed by atoms with Gasteiger partial charge in [0.2, 0.25) is 5.91 Å². The summed E-state index contributed by atoms with van der Waals surface area (Å²) in [5.74, 6) is 0.897. The Kier molecular flexibility index (Phi) is 6.91. The lowest BCUT2D eigenvalue weighted by Crippen LogP contribution is -2.27. The Morgan fingerprint density at radius 2 is 2.10 bits per heavy atom. The maximum Gasteiger partial charge on any atom is 0.222 e. The van der Waals surface area contributed by atoms with Crippen molar-refractivity contribution in [3.05, 3.63) is 23.8 Å². The summed E-state index contributed by atoms with van der Waals surface area (Å²) in [6.45, 7) is 5.49. The maximum atomic E-state index is 11.9. The first-order valence-corrected chi connectivity index (χ1v) is 7.33. The first kappa shape index (κ1) is 16.3. The molecule has 0 heterocycles. The first-order chi connectivity index (χ1) is 9.58. The molecule has 0 aliphatic heterocycles. The van der Waals surface area contributed by atoms with Gasteiger partial charge in [0, 0.05) is 20.0 Å². The molecule has 0 radical (unpaired) electrons. The molecule has 0 fully saturated rings. The van der Waals surface area contributed by atoms with Gasteiger partial charge in [0.15, 0.2) is 0 Å². The number of benzene rings is 1. The van der Waals surface area contributed by atoms with Crippen LogP contribution in [0.2, 0.25) is 0 Å². The normalized spacial score (nSPS) is 10.3. The molecule has 4 heteroatoms. The molecule has 0 unspecified atom stereocenters. The summed E-state index contributed by atoms with van der Waals surface area (Å²) < 4.78 is 5.40. The zero-order valence-electron chi connectivity index (χ0n) is 12.8. The number of ether oxygens (including phenoxy) is 1. The third-order valence-corrected chi connectivity index (χ3v) is 3.27. The number of nitrogens with two attached hydrogens (primary N) is 1. The van der Waals surface area contributed by atoms with Gasteiger partial charge in [0.1, 0.15) is 5.75 Å². The molecule has 0 spiro atoms. The lowest BCUT2D eigenvalue weighted by Gasteiger charge is -2.16. The van der Waals surface area contributed by atoms with Gasteiger partial charge in [0.05, 0.1) is 12.3 Å². The minimum absolute atomic E-state index is 0.186. The van der Waals surface area contributed by atoms with E-state index in [1.54, 1.807) is 4.90 Å². The van der Waals surface area contributed by atoms with Crippen LogP contribution in [0.5, 0.6) is 5.75 Å². The fraction of sp³-hybridized carbons (Fsp3) is 0.562. The Hall–Kier alpha value is -1.71. The van der Waals surface area contributed by atoms with Crippen LogP contribution in [-0.4, -0.2) is 31.0 Å². The van der Waals surface area contributed by atoms with Gasteiger partial charge < -0.3 is 15.4 Å². The van der Waals surface area contributed by atoms with Gasteiger partial charge in [-0.15, -0.1) is 0 Å². The number of carbonyl (C=O) groups excluding carboxylic acids is 1. The van der Waals surface area contributed by atoms with Crippen LogP contribution in [0.25, 0.3) is 0 Å². The van der Waals surface area contributed by atoms with E-state index in [0.29, 0.717) is 30.9 Å². The van der Waals surface area contributed by atoms with Crippen LogP contribution < -0.4 is 10.5 Å². The number of carbonyl (C=O) groups is 1. The molecule has 20 heavy (non-hydrogen) atoms. The number of aryl methyl sites for hydroxylation is 1. The monoisotopic (exact) mass is 278 g/mol. The average molecular weight is 278 g/mol. The predicted molar refractivity (Wildman–Crippen MR) is 82.9 cm³/mol. The average Bonchev–Trinajstić information content (AvgIpc) is 2.44. The Morgan fingerprint density at radius 1 is 1.35 bits per heavy atom. The van der Waals surface area contributed by atoms with E-state index in [1.807, 2.05) is 32.2 Å². The highest BCUT2D eigenvalue weighted by molar-refractivity contribution is 5.76. The molecular weight excluding hydrogens is 252 g/mol. The third kappa shape index (κ3) is 5.11. The second-order valence-corrected chi connectivity index (χ2v) is 4.97. The van der Waals surface area contributed by atoms with Gasteiger partial charge in [-0.3, -0.25) is 4.79 Å². The van der Waals surface area contributed by atoms with Crippen molar-refractivity contribution in [3.8, 4) is 5.75 Å². The molecule has 2 N–H and O–H groups in total. The lowest BCUT2D eigenvalue weighted by atomic mass is 10.1. The van der Waals surface area contributed by atoms with Crippen LogP contribution in [-0.2, 0) is 11.2 Å². The van der Waals surface area contributed by atoms with E-state index in [1.165, 1.54) is 0 Å². The van der Waals surface area contributed by atoms with Crippen LogP contribution in [0.15, 0.2) is 18.2 Å². The maximum absolute atomic E-state index is 11.9. The van der Waals surface area contributed by atoms with Gasteiger partial charge >= 0.3 is 0 Å². The standard InChI is InChI=1S/C16H26N2O2/c1-4-6-11-18(3)16(19)10-8-13-7-9-15(20-5-2)14(17)12-13/h7,9,12H,4-6,8,10-11,17H2,1-3H3. The minimum Gasteiger partial charge on any atom is -0.492 e. The molecule has 0 atom stereocenters. The minimum atomic E-state index is 0.186. The van der Waals surface area contributed by atoms with Crippen molar-refractivity contribution < 1.29 is 9.53 Å². The molecule has 0 bridgehead atoms. The summed E-state index contributed by atoms with van der Waals surface area (Å²) in [5, 5.41) is 0. The Balaban J connectivity index is 2.49. The summed E-state index contributed by atoms with van der Waals surface area (Å²) in [6.07, 6.45) is 3.39. The summed E-state index contributed by atoms with van der Waals surface area (Å²) in [7, 11) is 1.87. The quantitative estimate of drug-likeness (QED) is 0.744. The van der Waals surface area contributed by atoms with Crippen molar-refractivity contribution in [1.29, 1.82) is 0 Å². The van der Waals surface area contributed by atoms with Gasteiger partial charge in [-0.25, -0.2) is 0 Å². The Bertz CT molecular complexity index is 432. The van der Waals surface area contributed by atoms with Crippen molar-refractivity contribution in [2.24, 2.45) is 0 Å². The van der Waals surface area contributed by atoms with E-state index in [2.05, 4.69) is 6.92 Å². The van der Waals surface area contributed by atoms with Crippen LogP contribution in [0, 0.1) is 0 Å². The number of hydrogen-bond donors (Lipinski definition) is 1. The van der Waals surface area contributed by atoms with Gasteiger partial charge in [-0.05, 0) is 37.5 Å². The molecule has 1 aromatic carbocycles. The number of hydrogen-bond acceptors (Lipinski definition) is 3. The second kappa shape index (κ2) is 8.46. The van der Waals surface area contributed by atoms with Gasteiger partial charge in [0.25, 0.3) is 0 Å². The fourth-order valence-electron chi connectivity index (χ4n) is 2.00.